The number of rotatable bonds is 4. The van der Waals surface area contributed by atoms with Gasteiger partial charge in [-0.1, -0.05) is 48.5 Å². The van der Waals surface area contributed by atoms with Gasteiger partial charge in [0, 0.05) is 36.0 Å². The summed E-state index contributed by atoms with van der Waals surface area (Å²) in [5, 5.41) is 12.2. The van der Waals surface area contributed by atoms with E-state index in [1.807, 2.05) is 72.8 Å². The monoisotopic (exact) mass is 426 g/mol. The van der Waals surface area contributed by atoms with Gasteiger partial charge in [0.15, 0.2) is 5.58 Å². The second kappa shape index (κ2) is 7.85. The quantitative estimate of drug-likeness (QED) is 0.389. The zero-order valence-corrected chi connectivity index (χ0v) is 17.8. The molecule has 152 valence electrons. The lowest BCUT2D eigenvalue weighted by Gasteiger charge is -2.11. The van der Waals surface area contributed by atoms with Crippen molar-refractivity contribution in [3.63, 3.8) is 0 Å². The maximum Gasteiger partial charge on any atom is 0.263 e. The Labute approximate surface area is 182 Å². The number of hydrogen-bond donors (Lipinski definition) is 0. The molecule has 2 aromatic heterocycles. The average Bonchev–Trinajstić information content (AvgIpc) is 3.21. The van der Waals surface area contributed by atoms with Gasteiger partial charge in [0.1, 0.15) is 16.2 Å². The van der Waals surface area contributed by atoms with E-state index in [0.29, 0.717) is 10.8 Å². The Kier molecular flexibility index (Phi) is 4.88. The third-order valence-corrected chi connectivity index (χ3v) is 5.77. The van der Waals surface area contributed by atoms with Gasteiger partial charge in [-0.05, 0) is 36.0 Å². The summed E-state index contributed by atoms with van der Waals surface area (Å²) in [6.07, 6.45) is 0. The lowest BCUT2D eigenvalue weighted by atomic mass is 10.0. The fourth-order valence-electron chi connectivity index (χ4n) is 3.37. The molecule has 0 saturated heterocycles. The molecule has 0 radical (unpaired) electrons. The number of oxazole rings is 1. The van der Waals surface area contributed by atoms with Crippen LogP contribution in [0.2, 0.25) is 0 Å². The van der Waals surface area contributed by atoms with Crippen LogP contribution < -0.4 is 0 Å². The van der Waals surface area contributed by atoms with E-state index in [1.165, 1.54) is 11.8 Å². The van der Waals surface area contributed by atoms with E-state index < -0.39 is 0 Å². The summed E-state index contributed by atoms with van der Waals surface area (Å²) in [7, 11) is 3.48. The summed E-state index contributed by atoms with van der Waals surface area (Å²) >= 11 is 1.35. The van der Waals surface area contributed by atoms with Crippen molar-refractivity contribution in [1.29, 1.82) is 0 Å². The largest absolute Gasteiger partial charge is 0.431 e. The van der Waals surface area contributed by atoms with Crippen LogP contribution in [-0.4, -0.2) is 40.1 Å². The number of benzene rings is 3. The van der Waals surface area contributed by atoms with Crippen molar-refractivity contribution in [1.82, 2.24) is 20.1 Å². The molecule has 5 rings (SSSR count). The Bertz CT molecular complexity index is 1380. The molecule has 0 aliphatic heterocycles. The van der Waals surface area contributed by atoms with Gasteiger partial charge in [0.25, 0.3) is 11.1 Å². The molecule has 7 heteroatoms. The van der Waals surface area contributed by atoms with Crippen molar-refractivity contribution in [2.75, 3.05) is 14.1 Å². The lowest BCUT2D eigenvalue weighted by molar-refractivity contribution is 0.0827. The molecular formula is C24H18N4O2S. The number of nitrogens with zero attached hydrogens (tertiary/aromatic N) is 4. The van der Waals surface area contributed by atoms with Gasteiger partial charge >= 0.3 is 0 Å². The van der Waals surface area contributed by atoms with Crippen molar-refractivity contribution in [2.24, 2.45) is 0 Å². The van der Waals surface area contributed by atoms with Gasteiger partial charge < -0.3 is 9.32 Å². The Morgan fingerprint density at radius 3 is 2.32 bits per heavy atom. The topological polar surface area (TPSA) is 72.1 Å². The first kappa shape index (κ1) is 19.3. The highest BCUT2D eigenvalue weighted by molar-refractivity contribution is 7.99. The number of fused-ring (bicyclic) bond motifs is 2. The molecule has 31 heavy (non-hydrogen) atoms. The number of amides is 1. The van der Waals surface area contributed by atoms with Crippen molar-refractivity contribution in [3.8, 4) is 11.3 Å². The molecule has 0 aliphatic carbocycles. The minimum Gasteiger partial charge on any atom is -0.431 e. The van der Waals surface area contributed by atoms with Crippen molar-refractivity contribution < 1.29 is 9.21 Å². The fourth-order valence-corrected chi connectivity index (χ4v) is 4.18. The predicted molar refractivity (Wildman–Crippen MR) is 121 cm³/mol. The second-order valence-electron chi connectivity index (χ2n) is 7.23. The summed E-state index contributed by atoms with van der Waals surface area (Å²) in [4.78, 5) is 18.3. The summed E-state index contributed by atoms with van der Waals surface area (Å²) < 4.78 is 5.84. The van der Waals surface area contributed by atoms with Crippen LogP contribution in [0.1, 0.15) is 10.4 Å². The molecule has 0 unspecified atom stereocenters. The van der Waals surface area contributed by atoms with Crippen LogP contribution in [0.5, 0.6) is 0 Å². The van der Waals surface area contributed by atoms with Gasteiger partial charge in [-0.3, -0.25) is 4.79 Å². The highest BCUT2D eigenvalue weighted by Crippen LogP contribution is 2.35. The molecule has 1 amide bonds. The smallest absolute Gasteiger partial charge is 0.263 e. The van der Waals surface area contributed by atoms with Crippen LogP contribution in [0.4, 0.5) is 0 Å². The third kappa shape index (κ3) is 3.64. The summed E-state index contributed by atoms with van der Waals surface area (Å²) in [5.41, 5.74) is 3.85. The van der Waals surface area contributed by atoms with E-state index in [9.17, 15) is 4.79 Å². The predicted octanol–water partition coefficient (Wildman–Crippen LogP) is 5.29. The van der Waals surface area contributed by atoms with Crippen molar-refractivity contribution in [3.05, 3.63) is 78.4 Å². The van der Waals surface area contributed by atoms with E-state index in [0.717, 1.165) is 38.2 Å². The van der Waals surface area contributed by atoms with Gasteiger partial charge in [-0.2, -0.15) is 0 Å². The Balaban J connectivity index is 1.54. The number of carbonyl (C=O) groups excluding carboxylic acids is 1. The molecule has 0 atom stereocenters. The number of carbonyl (C=O) groups is 1. The molecule has 5 aromatic rings. The van der Waals surface area contributed by atoms with Crippen LogP contribution in [0, 0.1) is 0 Å². The minimum atomic E-state index is -0.0347. The van der Waals surface area contributed by atoms with Gasteiger partial charge in [0.05, 0.1) is 0 Å². The zero-order valence-electron chi connectivity index (χ0n) is 16.9. The van der Waals surface area contributed by atoms with Crippen molar-refractivity contribution in [2.45, 2.75) is 10.2 Å². The molecule has 0 aliphatic rings. The van der Waals surface area contributed by atoms with Gasteiger partial charge in [0.2, 0.25) is 0 Å². The maximum absolute atomic E-state index is 12.2. The van der Waals surface area contributed by atoms with E-state index >= 15 is 0 Å². The molecule has 0 saturated carbocycles. The number of aromatic nitrogens is 3. The van der Waals surface area contributed by atoms with E-state index in [1.54, 1.807) is 19.0 Å². The third-order valence-electron chi connectivity index (χ3n) is 4.92. The molecule has 0 N–H and O–H groups in total. The first-order valence-corrected chi connectivity index (χ1v) is 10.5. The number of para-hydroxylation sites is 2. The first-order chi connectivity index (χ1) is 15.1. The first-order valence-electron chi connectivity index (χ1n) is 9.71. The Morgan fingerprint density at radius 2 is 1.58 bits per heavy atom. The van der Waals surface area contributed by atoms with Crippen LogP contribution >= 0.6 is 11.8 Å². The summed E-state index contributed by atoms with van der Waals surface area (Å²) in [6, 6.07) is 23.1. The second-order valence-corrected chi connectivity index (χ2v) is 8.17. The highest BCUT2D eigenvalue weighted by atomic mass is 32.2. The molecular weight excluding hydrogens is 408 g/mol. The van der Waals surface area contributed by atoms with Crippen LogP contribution in [-0.2, 0) is 0 Å². The fraction of sp³-hybridized carbons (Fsp3) is 0.0833. The zero-order chi connectivity index (χ0) is 21.4. The molecule has 3 aromatic carbocycles. The maximum atomic E-state index is 12.2. The molecule has 0 fully saturated rings. The van der Waals surface area contributed by atoms with E-state index in [2.05, 4.69) is 15.2 Å². The molecule has 6 nitrogen and oxygen atoms in total. The van der Waals surface area contributed by atoms with Crippen molar-refractivity contribution >= 4 is 39.5 Å². The molecule has 0 bridgehead atoms. The standard InChI is InChI=1S/C24H18N4O2S/c1-28(2)23(29)16-13-11-15(12-14-16)21-17-7-3-4-8-18(17)22(27-26-21)31-24-25-19-9-5-6-10-20(19)30-24/h3-14H,1-2H3. The molecule has 2 heterocycles. The molecule has 0 spiro atoms. The average molecular weight is 427 g/mol. The normalized spacial score (nSPS) is 11.2. The van der Waals surface area contributed by atoms with E-state index in [4.69, 9.17) is 4.42 Å². The lowest BCUT2D eigenvalue weighted by Crippen LogP contribution is -2.21. The van der Waals surface area contributed by atoms with Gasteiger partial charge in [-0.25, -0.2) is 4.98 Å². The van der Waals surface area contributed by atoms with Gasteiger partial charge in [-0.15, -0.1) is 10.2 Å². The highest BCUT2D eigenvalue weighted by Gasteiger charge is 2.15. The Morgan fingerprint density at radius 1 is 0.871 bits per heavy atom. The minimum absolute atomic E-state index is 0.0347. The van der Waals surface area contributed by atoms with Crippen LogP contribution in [0.3, 0.4) is 0 Å². The SMILES string of the molecule is CN(C)C(=O)c1ccc(-c2nnc(Sc3nc4ccccc4o3)c3ccccc23)cc1. The summed E-state index contributed by atoms with van der Waals surface area (Å²) in [6.45, 7) is 0. The summed E-state index contributed by atoms with van der Waals surface area (Å²) in [5.74, 6) is -0.0347. The number of hydrogen-bond acceptors (Lipinski definition) is 6. The van der Waals surface area contributed by atoms with E-state index in [-0.39, 0.29) is 5.91 Å². The van der Waals surface area contributed by atoms with Crippen LogP contribution in [0.15, 0.2) is 87.5 Å². The Hall–Kier alpha value is -3.71. The van der Waals surface area contributed by atoms with Crippen LogP contribution in [0.25, 0.3) is 33.1 Å².